The van der Waals surface area contributed by atoms with Crippen LogP contribution in [-0.4, -0.2) is 24.6 Å². The Morgan fingerprint density at radius 2 is 1.55 bits per heavy atom. The van der Waals surface area contributed by atoms with Crippen molar-refractivity contribution in [3.05, 3.63) is 90.0 Å². The summed E-state index contributed by atoms with van der Waals surface area (Å²) in [6.07, 6.45) is 2.85. The summed E-state index contributed by atoms with van der Waals surface area (Å²) < 4.78 is 5.91. The van der Waals surface area contributed by atoms with E-state index in [2.05, 4.69) is 28.1 Å². The number of hydrogen-bond donors (Lipinski definition) is 3. The minimum atomic E-state index is -0.243. The topological polar surface area (TPSA) is 79.5 Å². The molecule has 1 aliphatic rings. The highest BCUT2D eigenvalue weighted by molar-refractivity contribution is 6.05. The minimum Gasteiger partial charge on any atom is -0.491 e. The fraction of sp³-hybridized carbons (Fsp3) is 0.200. The molecule has 1 aliphatic carbocycles. The van der Waals surface area contributed by atoms with Crippen LogP contribution in [0.15, 0.2) is 78.9 Å². The summed E-state index contributed by atoms with van der Waals surface area (Å²) in [5.41, 5.74) is 2.95. The Labute approximate surface area is 181 Å². The lowest BCUT2D eigenvalue weighted by atomic mass is 10.1. The van der Waals surface area contributed by atoms with Gasteiger partial charge in [-0.15, -0.1) is 0 Å². The second-order valence-corrected chi connectivity index (χ2v) is 7.48. The molecule has 4 rings (SSSR count). The maximum atomic E-state index is 12.7. The van der Waals surface area contributed by atoms with Gasteiger partial charge in [-0.25, -0.2) is 4.79 Å². The number of nitrogens with one attached hydrogen (secondary N) is 3. The van der Waals surface area contributed by atoms with Crippen LogP contribution in [0.2, 0.25) is 0 Å². The lowest BCUT2D eigenvalue weighted by Crippen LogP contribution is -2.30. The lowest BCUT2D eigenvalue weighted by molar-refractivity contribution is 0.102. The molecule has 6 heteroatoms. The molecular formula is C25H25N3O3. The highest BCUT2D eigenvalue weighted by Gasteiger charge is 2.23. The number of hydrogen-bond acceptors (Lipinski definition) is 3. The van der Waals surface area contributed by atoms with E-state index < -0.39 is 0 Å². The Kier molecular flexibility index (Phi) is 6.47. The first-order valence-corrected chi connectivity index (χ1v) is 10.4. The van der Waals surface area contributed by atoms with Crippen molar-refractivity contribution in [2.75, 3.05) is 17.2 Å². The van der Waals surface area contributed by atoms with Gasteiger partial charge in [0, 0.05) is 23.7 Å². The van der Waals surface area contributed by atoms with Crippen LogP contribution >= 0.6 is 0 Å². The fourth-order valence-corrected chi connectivity index (χ4v) is 3.10. The van der Waals surface area contributed by atoms with Gasteiger partial charge in [0.1, 0.15) is 5.75 Å². The van der Waals surface area contributed by atoms with Crippen molar-refractivity contribution in [1.82, 2.24) is 5.32 Å². The molecule has 0 radical (unpaired) electrons. The molecule has 158 valence electrons. The molecule has 1 saturated carbocycles. The van der Waals surface area contributed by atoms with Gasteiger partial charge in [-0.05, 0) is 54.8 Å². The number of amides is 3. The van der Waals surface area contributed by atoms with Crippen LogP contribution in [0.1, 0.15) is 28.8 Å². The van der Waals surface area contributed by atoms with E-state index in [1.807, 2.05) is 42.5 Å². The average molecular weight is 415 g/mol. The van der Waals surface area contributed by atoms with Crippen molar-refractivity contribution in [1.29, 1.82) is 0 Å². The summed E-state index contributed by atoms with van der Waals surface area (Å²) in [4.78, 5) is 24.5. The van der Waals surface area contributed by atoms with E-state index in [-0.39, 0.29) is 11.9 Å². The molecule has 0 aromatic heterocycles. The van der Waals surface area contributed by atoms with Crippen LogP contribution in [-0.2, 0) is 6.42 Å². The number of anilines is 2. The molecular weight excluding hydrogens is 390 g/mol. The van der Waals surface area contributed by atoms with Gasteiger partial charge in [0.05, 0.1) is 12.3 Å². The van der Waals surface area contributed by atoms with Crippen LogP contribution < -0.4 is 20.7 Å². The summed E-state index contributed by atoms with van der Waals surface area (Å²) in [6.45, 7) is 0.514. The first-order valence-electron chi connectivity index (χ1n) is 10.4. The normalized spacial score (nSPS) is 12.6. The number of benzene rings is 3. The number of rotatable bonds is 8. The number of carbonyl (C=O) groups is 2. The monoisotopic (exact) mass is 415 g/mol. The fourth-order valence-electron chi connectivity index (χ4n) is 3.10. The van der Waals surface area contributed by atoms with Crippen LogP contribution in [0.5, 0.6) is 5.75 Å². The molecule has 1 fully saturated rings. The van der Waals surface area contributed by atoms with Crippen molar-refractivity contribution in [3.8, 4) is 5.75 Å². The molecule has 0 spiro atoms. The molecule has 0 heterocycles. The first kappa shape index (κ1) is 20.5. The third-order valence-electron chi connectivity index (χ3n) is 4.94. The van der Waals surface area contributed by atoms with E-state index >= 15 is 0 Å². The van der Waals surface area contributed by atoms with Gasteiger partial charge in [-0.3, -0.25) is 4.79 Å². The molecule has 0 bridgehead atoms. The van der Waals surface area contributed by atoms with Crippen molar-refractivity contribution < 1.29 is 14.3 Å². The standard InChI is InChI=1S/C25H25N3O3/c29-24(19-10-12-20(13-11-19)26-25(30)27-21-14-15-21)28-22-8-4-5-9-23(22)31-17-16-18-6-2-1-3-7-18/h1-13,21H,14-17H2,(H,28,29)(H2,26,27,30). The minimum absolute atomic E-state index is 0.221. The van der Waals surface area contributed by atoms with Crippen molar-refractivity contribution in [3.63, 3.8) is 0 Å². The Morgan fingerprint density at radius 1 is 0.839 bits per heavy atom. The van der Waals surface area contributed by atoms with Crippen LogP contribution in [0.25, 0.3) is 0 Å². The van der Waals surface area contributed by atoms with Gasteiger partial charge in [-0.1, -0.05) is 42.5 Å². The van der Waals surface area contributed by atoms with E-state index in [9.17, 15) is 9.59 Å². The summed E-state index contributed by atoms with van der Waals surface area (Å²) >= 11 is 0. The van der Waals surface area contributed by atoms with Gasteiger partial charge in [0.2, 0.25) is 0 Å². The van der Waals surface area contributed by atoms with Crippen molar-refractivity contribution in [2.24, 2.45) is 0 Å². The molecule has 0 atom stereocenters. The maximum Gasteiger partial charge on any atom is 0.319 e. The predicted octanol–water partition coefficient (Wildman–Crippen LogP) is 4.84. The molecule has 0 unspecified atom stereocenters. The average Bonchev–Trinajstić information content (AvgIpc) is 3.60. The Morgan fingerprint density at radius 3 is 2.29 bits per heavy atom. The highest BCUT2D eigenvalue weighted by Crippen LogP contribution is 2.25. The second kappa shape index (κ2) is 9.80. The summed E-state index contributed by atoms with van der Waals surface area (Å²) in [5.74, 6) is 0.384. The van der Waals surface area contributed by atoms with Gasteiger partial charge in [0.25, 0.3) is 5.91 Å². The van der Waals surface area contributed by atoms with Crippen molar-refractivity contribution >= 4 is 23.3 Å². The quantitative estimate of drug-likeness (QED) is 0.492. The zero-order chi connectivity index (χ0) is 21.5. The molecule has 0 saturated heterocycles. The van der Waals surface area contributed by atoms with Gasteiger partial charge < -0.3 is 20.7 Å². The second-order valence-electron chi connectivity index (χ2n) is 7.48. The SMILES string of the molecule is O=C(Nc1ccc(C(=O)Nc2ccccc2OCCc2ccccc2)cc1)NC1CC1. The molecule has 3 aromatic rings. The Balaban J connectivity index is 1.33. The smallest absolute Gasteiger partial charge is 0.319 e. The molecule has 6 nitrogen and oxygen atoms in total. The molecule has 3 N–H and O–H groups in total. The van der Waals surface area contributed by atoms with Crippen LogP contribution in [0.3, 0.4) is 0 Å². The number of carbonyl (C=O) groups excluding carboxylic acids is 2. The summed E-state index contributed by atoms with van der Waals surface area (Å²) in [5, 5.41) is 8.54. The first-order chi connectivity index (χ1) is 15.2. The maximum absolute atomic E-state index is 12.7. The van der Waals surface area contributed by atoms with Gasteiger partial charge in [-0.2, -0.15) is 0 Å². The number of ether oxygens (including phenoxy) is 1. The predicted molar refractivity (Wildman–Crippen MR) is 122 cm³/mol. The number of urea groups is 1. The van der Waals surface area contributed by atoms with E-state index in [0.717, 1.165) is 19.3 Å². The van der Waals surface area contributed by atoms with E-state index in [4.69, 9.17) is 4.74 Å². The van der Waals surface area contributed by atoms with Crippen molar-refractivity contribution in [2.45, 2.75) is 25.3 Å². The zero-order valence-electron chi connectivity index (χ0n) is 17.1. The van der Waals surface area contributed by atoms with E-state index in [1.165, 1.54) is 5.56 Å². The number of para-hydroxylation sites is 2. The van der Waals surface area contributed by atoms with Crippen LogP contribution in [0.4, 0.5) is 16.2 Å². The third kappa shape index (κ3) is 6.09. The lowest BCUT2D eigenvalue weighted by Gasteiger charge is -2.13. The van der Waals surface area contributed by atoms with E-state index in [1.54, 1.807) is 24.3 Å². The van der Waals surface area contributed by atoms with E-state index in [0.29, 0.717) is 35.3 Å². The van der Waals surface area contributed by atoms with Gasteiger partial charge in [0.15, 0.2) is 0 Å². The Bertz CT molecular complexity index is 1030. The summed E-state index contributed by atoms with van der Waals surface area (Å²) in [6, 6.07) is 24.4. The molecule has 3 aromatic carbocycles. The molecule has 31 heavy (non-hydrogen) atoms. The third-order valence-corrected chi connectivity index (χ3v) is 4.94. The summed E-state index contributed by atoms with van der Waals surface area (Å²) in [7, 11) is 0. The Hall–Kier alpha value is -3.80. The molecule has 3 amide bonds. The van der Waals surface area contributed by atoms with Crippen LogP contribution in [0, 0.1) is 0 Å². The zero-order valence-corrected chi connectivity index (χ0v) is 17.1. The van der Waals surface area contributed by atoms with Gasteiger partial charge >= 0.3 is 6.03 Å². The largest absolute Gasteiger partial charge is 0.491 e. The molecule has 0 aliphatic heterocycles. The highest BCUT2D eigenvalue weighted by atomic mass is 16.5.